The van der Waals surface area contributed by atoms with E-state index in [0.29, 0.717) is 30.1 Å². The summed E-state index contributed by atoms with van der Waals surface area (Å²) >= 11 is 0. The van der Waals surface area contributed by atoms with Crippen LogP contribution in [0, 0.1) is 5.92 Å². The standard InChI is InChI=1S/C22H26N4O4/c23-12-22-7-5-13(6-8-22)10-25(22)11-14-1-2-15-16(9-14)21(30)26(20(15)29)17-3-4-18(27)24-19(17)28/h1-2,9,13,17H,3-8,10-12,23H2,(H,24,27,28). The molecule has 1 aliphatic carbocycles. The van der Waals surface area contributed by atoms with E-state index in [-0.39, 0.29) is 24.3 Å². The number of carbonyl (C=O) groups excluding carboxylic acids is 4. The first-order chi connectivity index (χ1) is 14.4. The number of hydrogen-bond acceptors (Lipinski definition) is 6. The van der Waals surface area contributed by atoms with Crippen LogP contribution in [0.1, 0.15) is 64.8 Å². The zero-order valence-electron chi connectivity index (χ0n) is 16.9. The molecule has 0 radical (unpaired) electrons. The van der Waals surface area contributed by atoms with Crippen molar-refractivity contribution in [3.05, 3.63) is 34.9 Å². The van der Waals surface area contributed by atoms with Gasteiger partial charge in [-0.1, -0.05) is 6.07 Å². The van der Waals surface area contributed by atoms with Crippen molar-refractivity contribution in [3.63, 3.8) is 0 Å². The normalized spacial score (nSPS) is 31.3. The Kier molecular flexibility index (Phi) is 4.52. The van der Waals surface area contributed by atoms with E-state index in [9.17, 15) is 19.2 Å². The molecule has 8 nitrogen and oxygen atoms in total. The van der Waals surface area contributed by atoms with Gasteiger partial charge in [-0.05, 0) is 55.7 Å². The molecule has 1 saturated carbocycles. The minimum atomic E-state index is -0.933. The Morgan fingerprint density at radius 3 is 2.47 bits per heavy atom. The van der Waals surface area contributed by atoms with Crippen molar-refractivity contribution in [1.29, 1.82) is 0 Å². The van der Waals surface area contributed by atoms with E-state index in [2.05, 4.69) is 10.2 Å². The summed E-state index contributed by atoms with van der Waals surface area (Å²) in [6, 6.07) is 4.43. The molecule has 4 fully saturated rings. The number of imide groups is 2. The van der Waals surface area contributed by atoms with Crippen LogP contribution < -0.4 is 11.1 Å². The maximum absolute atomic E-state index is 13.0. The molecule has 5 aliphatic rings. The van der Waals surface area contributed by atoms with Gasteiger partial charge < -0.3 is 5.73 Å². The second-order valence-electron chi connectivity index (χ2n) is 9.08. The number of nitrogens with one attached hydrogen (secondary N) is 1. The number of nitrogens with zero attached hydrogens (tertiary/aromatic N) is 2. The number of fused-ring (bicyclic) bond motifs is 4. The molecular weight excluding hydrogens is 384 g/mol. The molecule has 0 spiro atoms. The van der Waals surface area contributed by atoms with Gasteiger partial charge in [-0.3, -0.25) is 34.3 Å². The third kappa shape index (κ3) is 2.89. The molecule has 1 aromatic rings. The lowest BCUT2D eigenvalue weighted by Crippen LogP contribution is -2.61. The molecule has 4 heterocycles. The van der Waals surface area contributed by atoms with E-state index in [0.717, 1.165) is 29.8 Å². The summed E-state index contributed by atoms with van der Waals surface area (Å²) in [7, 11) is 0. The number of amides is 4. The monoisotopic (exact) mass is 410 g/mol. The van der Waals surface area contributed by atoms with E-state index >= 15 is 0 Å². The molecule has 0 aromatic heterocycles. The summed E-state index contributed by atoms with van der Waals surface area (Å²) < 4.78 is 0. The molecule has 4 aliphatic heterocycles. The van der Waals surface area contributed by atoms with E-state index in [4.69, 9.17) is 5.73 Å². The van der Waals surface area contributed by atoms with Gasteiger partial charge in [0.1, 0.15) is 6.04 Å². The number of carbonyl (C=O) groups is 4. The van der Waals surface area contributed by atoms with Crippen LogP contribution in [-0.4, -0.2) is 58.1 Å². The van der Waals surface area contributed by atoms with Crippen molar-refractivity contribution in [2.24, 2.45) is 11.7 Å². The minimum absolute atomic E-state index is 0.0341. The van der Waals surface area contributed by atoms with Crippen molar-refractivity contribution in [3.8, 4) is 0 Å². The number of piperidine rings is 3. The molecule has 1 unspecified atom stereocenters. The highest BCUT2D eigenvalue weighted by atomic mass is 16.2. The molecule has 3 saturated heterocycles. The van der Waals surface area contributed by atoms with E-state index < -0.39 is 23.8 Å². The molecule has 2 bridgehead atoms. The van der Waals surface area contributed by atoms with Crippen molar-refractivity contribution in [2.45, 2.75) is 56.7 Å². The van der Waals surface area contributed by atoms with Gasteiger partial charge in [0.25, 0.3) is 11.8 Å². The molecule has 1 atom stereocenters. The summed E-state index contributed by atoms with van der Waals surface area (Å²) in [5.74, 6) is -1.18. The number of benzene rings is 1. The first kappa shape index (κ1) is 19.4. The summed E-state index contributed by atoms with van der Waals surface area (Å²) in [5, 5.41) is 2.22. The van der Waals surface area contributed by atoms with Gasteiger partial charge in [-0.15, -0.1) is 0 Å². The average Bonchev–Trinajstić information content (AvgIpc) is 2.99. The molecule has 1 aromatic carbocycles. The SMILES string of the molecule is NCC12CCC(CC1)CN2Cc1ccc2c(c1)C(=O)N(C1CCC(=O)NC1=O)C2=O. The highest BCUT2D eigenvalue weighted by Crippen LogP contribution is 2.43. The number of rotatable bonds is 4. The van der Waals surface area contributed by atoms with Gasteiger partial charge in [-0.25, -0.2) is 0 Å². The highest BCUT2D eigenvalue weighted by Gasteiger charge is 2.46. The van der Waals surface area contributed by atoms with E-state index in [1.54, 1.807) is 12.1 Å². The van der Waals surface area contributed by atoms with Crippen LogP contribution in [0.15, 0.2) is 18.2 Å². The molecule has 30 heavy (non-hydrogen) atoms. The van der Waals surface area contributed by atoms with Crippen LogP contribution in [0.5, 0.6) is 0 Å². The lowest BCUT2D eigenvalue weighted by Gasteiger charge is -2.54. The lowest BCUT2D eigenvalue weighted by atomic mass is 9.70. The average molecular weight is 410 g/mol. The Morgan fingerprint density at radius 1 is 1.03 bits per heavy atom. The summed E-state index contributed by atoms with van der Waals surface area (Å²) in [5.41, 5.74) is 7.83. The van der Waals surface area contributed by atoms with Gasteiger partial charge in [0, 0.05) is 31.6 Å². The van der Waals surface area contributed by atoms with Gasteiger partial charge in [0.05, 0.1) is 11.1 Å². The van der Waals surface area contributed by atoms with E-state index in [1.807, 2.05) is 6.07 Å². The summed E-state index contributed by atoms with van der Waals surface area (Å²) in [6.07, 6.45) is 4.96. The minimum Gasteiger partial charge on any atom is -0.329 e. The fourth-order valence-electron chi connectivity index (χ4n) is 5.62. The predicted octanol–water partition coefficient (Wildman–Crippen LogP) is 0.791. The Morgan fingerprint density at radius 2 is 1.77 bits per heavy atom. The third-order valence-corrected chi connectivity index (χ3v) is 7.44. The lowest BCUT2D eigenvalue weighted by molar-refractivity contribution is -0.136. The van der Waals surface area contributed by atoms with Crippen LogP contribution in [-0.2, 0) is 16.1 Å². The van der Waals surface area contributed by atoms with Gasteiger partial charge in [0.15, 0.2) is 0 Å². The molecule has 8 heteroatoms. The van der Waals surface area contributed by atoms with Crippen molar-refractivity contribution < 1.29 is 19.2 Å². The maximum atomic E-state index is 13.0. The van der Waals surface area contributed by atoms with Crippen LogP contribution in [0.3, 0.4) is 0 Å². The fraction of sp³-hybridized carbons (Fsp3) is 0.545. The number of hydrogen-bond donors (Lipinski definition) is 2. The molecular formula is C22H26N4O4. The molecule has 3 N–H and O–H groups in total. The molecule has 4 amide bonds. The van der Waals surface area contributed by atoms with Crippen molar-refractivity contribution in [1.82, 2.24) is 15.1 Å². The number of nitrogens with two attached hydrogens (primary N) is 1. The Bertz CT molecular complexity index is 950. The first-order valence-corrected chi connectivity index (χ1v) is 10.7. The van der Waals surface area contributed by atoms with Crippen molar-refractivity contribution in [2.75, 3.05) is 13.1 Å². The second kappa shape index (κ2) is 6.99. The predicted molar refractivity (Wildman–Crippen MR) is 107 cm³/mol. The third-order valence-electron chi connectivity index (χ3n) is 7.44. The summed E-state index contributed by atoms with van der Waals surface area (Å²) in [4.78, 5) is 53.0. The highest BCUT2D eigenvalue weighted by molar-refractivity contribution is 6.23. The fourth-order valence-corrected chi connectivity index (χ4v) is 5.62. The maximum Gasteiger partial charge on any atom is 0.262 e. The van der Waals surface area contributed by atoms with Crippen LogP contribution in [0.4, 0.5) is 0 Å². The van der Waals surface area contributed by atoms with Gasteiger partial charge >= 0.3 is 0 Å². The van der Waals surface area contributed by atoms with Crippen LogP contribution in [0.25, 0.3) is 0 Å². The van der Waals surface area contributed by atoms with Crippen molar-refractivity contribution >= 4 is 23.6 Å². The quantitative estimate of drug-likeness (QED) is 0.710. The second-order valence-corrected chi connectivity index (χ2v) is 9.08. The zero-order chi connectivity index (χ0) is 21.0. The Hall–Kier alpha value is -2.58. The largest absolute Gasteiger partial charge is 0.329 e. The Balaban J connectivity index is 1.39. The van der Waals surface area contributed by atoms with Crippen LogP contribution >= 0.6 is 0 Å². The summed E-state index contributed by atoms with van der Waals surface area (Å²) in [6.45, 7) is 2.34. The Labute approximate surface area is 174 Å². The zero-order valence-corrected chi connectivity index (χ0v) is 16.9. The van der Waals surface area contributed by atoms with Gasteiger partial charge in [-0.2, -0.15) is 0 Å². The molecule has 6 rings (SSSR count). The molecule has 158 valence electrons. The van der Waals surface area contributed by atoms with Crippen LogP contribution in [0.2, 0.25) is 0 Å². The van der Waals surface area contributed by atoms with E-state index in [1.165, 1.54) is 12.8 Å². The first-order valence-electron chi connectivity index (χ1n) is 10.7. The topological polar surface area (TPSA) is 113 Å². The van der Waals surface area contributed by atoms with Gasteiger partial charge in [0.2, 0.25) is 11.8 Å². The smallest absolute Gasteiger partial charge is 0.262 e.